The molecule has 26 heavy (non-hydrogen) atoms. The number of ether oxygens (including phenoxy) is 2. The average Bonchev–Trinajstić information content (AvgIpc) is 2.50. The molecule has 1 saturated heterocycles. The van der Waals surface area contributed by atoms with Crippen LogP contribution in [-0.4, -0.2) is 41.9 Å². The van der Waals surface area contributed by atoms with E-state index in [-0.39, 0.29) is 31.3 Å². The van der Waals surface area contributed by atoms with E-state index in [0.717, 1.165) is 0 Å². The van der Waals surface area contributed by atoms with Crippen molar-refractivity contribution < 1.29 is 31.8 Å². The normalized spacial score (nSPS) is 22.9. The van der Waals surface area contributed by atoms with Crippen molar-refractivity contribution in [1.82, 2.24) is 4.90 Å². The molecule has 1 aromatic rings. The van der Waals surface area contributed by atoms with E-state index in [1.54, 1.807) is 20.8 Å². The maximum absolute atomic E-state index is 14.1. The minimum absolute atomic E-state index is 0.00746. The van der Waals surface area contributed by atoms with Gasteiger partial charge in [0.2, 0.25) is 0 Å². The highest BCUT2D eigenvalue weighted by Crippen LogP contribution is 2.36. The highest BCUT2D eigenvalue weighted by Gasteiger charge is 2.41. The molecule has 142 valence electrons. The summed E-state index contributed by atoms with van der Waals surface area (Å²) in [6.07, 6.45) is 0.823. The molecule has 0 saturated carbocycles. The number of hydrogen-bond donors (Lipinski definition) is 0. The predicted molar refractivity (Wildman–Crippen MR) is 85.3 cm³/mol. The highest BCUT2D eigenvalue weighted by molar-refractivity contribution is 5.75. The van der Waals surface area contributed by atoms with E-state index in [0.29, 0.717) is 0 Å². The number of amides is 1. The second-order valence-corrected chi connectivity index (χ2v) is 7.39. The summed E-state index contributed by atoms with van der Waals surface area (Å²) in [5.74, 6) is -5.81. The number of morpholine rings is 1. The fourth-order valence-corrected chi connectivity index (χ4v) is 3.24. The second kappa shape index (κ2) is 6.57. The van der Waals surface area contributed by atoms with Gasteiger partial charge in [0.1, 0.15) is 5.60 Å². The van der Waals surface area contributed by atoms with E-state index in [4.69, 9.17) is 9.47 Å². The summed E-state index contributed by atoms with van der Waals surface area (Å²) in [7, 11) is 0. The van der Waals surface area contributed by atoms with Crippen LogP contribution in [0, 0.1) is 23.3 Å². The van der Waals surface area contributed by atoms with Crippen molar-refractivity contribution in [3.8, 4) is 0 Å². The molecule has 0 spiro atoms. The lowest BCUT2D eigenvalue weighted by molar-refractivity contribution is -0.0511. The van der Waals surface area contributed by atoms with Crippen molar-refractivity contribution in [2.45, 2.75) is 44.9 Å². The lowest BCUT2D eigenvalue weighted by Crippen LogP contribution is -2.57. The number of fused-ring (bicyclic) bond motifs is 2. The van der Waals surface area contributed by atoms with Crippen LogP contribution < -0.4 is 0 Å². The number of hydrogen-bond acceptors (Lipinski definition) is 3. The Morgan fingerprint density at radius 2 is 1.77 bits per heavy atom. The molecule has 2 atom stereocenters. The van der Waals surface area contributed by atoms with Gasteiger partial charge in [0, 0.05) is 6.07 Å². The van der Waals surface area contributed by atoms with Gasteiger partial charge in [0.25, 0.3) is 0 Å². The molecule has 1 fully saturated rings. The standard InChI is InChI=1S/C18H19F4NO3/c1-18(2,3)26-17(24)23-10-4-9(5-11(23)8-25-7-10)14-15(21)12(19)6-13(20)16(14)22/h4,6,10-11H,5,7-8H2,1-3H3. The first-order valence-corrected chi connectivity index (χ1v) is 8.21. The van der Waals surface area contributed by atoms with Crippen molar-refractivity contribution in [2.75, 3.05) is 13.2 Å². The molecule has 1 amide bonds. The monoisotopic (exact) mass is 373 g/mol. The number of benzene rings is 1. The summed E-state index contributed by atoms with van der Waals surface area (Å²) in [4.78, 5) is 13.9. The molecule has 0 N–H and O–H groups in total. The smallest absolute Gasteiger partial charge is 0.411 e. The van der Waals surface area contributed by atoms with Crippen LogP contribution in [0.25, 0.3) is 5.57 Å². The summed E-state index contributed by atoms with van der Waals surface area (Å²) < 4.78 is 66.1. The molecule has 2 heterocycles. The molecule has 4 nitrogen and oxygen atoms in total. The zero-order chi connectivity index (χ0) is 19.2. The largest absolute Gasteiger partial charge is 0.444 e. The minimum Gasteiger partial charge on any atom is -0.444 e. The van der Waals surface area contributed by atoms with E-state index in [1.807, 2.05) is 0 Å². The fourth-order valence-electron chi connectivity index (χ4n) is 3.24. The Balaban J connectivity index is 1.98. The zero-order valence-electron chi connectivity index (χ0n) is 14.6. The molecule has 0 aromatic heterocycles. The summed E-state index contributed by atoms with van der Waals surface area (Å²) in [6.45, 7) is 5.41. The lowest BCUT2D eigenvalue weighted by atomic mass is 9.89. The van der Waals surface area contributed by atoms with Gasteiger partial charge < -0.3 is 9.47 Å². The van der Waals surface area contributed by atoms with Crippen molar-refractivity contribution in [3.63, 3.8) is 0 Å². The minimum atomic E-state index is -1.46. The summed E-state index contributed by atoms with van der Waals surface area (Å²) >= 11 is 0. The Bertz CT molecular complexity index is 746. The summed E-state index contributed by atoms with van der Waals surface area (Å²) in [5, 5.41) is 0. The Labute approximate surface area is 148 Å². The Morgan fingerprint density at radius 3 is 2.31 bits per heavy atom. The third-order valence-electron chi connectivity index (χ3n) is 4.24. The van der Waals surface area contributed by atoms with Crippen molar-refractivity contribution >= 4 is 11.7 Å². The van der Waals surface area contributed by atoms with E-state index in [2.05, 4.69) is 0 Å². The number of carbonyl (C=O) groups is 1. The van der Waals surface area contributed by atoms with Crippen LogP contribution in [0.1, 0.15) is 32.8 Å². The van der Waals surface area contributed by atoms with Crippen LogP contribution in [0.15, 0.2) is 12.1 Å². The maximum atomic E-state index is 14.1. The molecule has 2 aliphatic rings. The average molecular weight is 373 g/mol. The summed E-state index contributed by atoms with van der Waals surface area (Å²) in [6, 6.07) is -1.01. The lowest BCUT2D eigenvalue weighted by Gasteiger charge is -2.44. The molecule has 2 aliphatic heterocycles. The van der Waals surface area contributed by atoms with Gasteiger partial charge in [-0.1, -0.05) is 6.08 Å². The number of rotatable bonds is 1. The fraction of sp³-hybridized carbons (Fsp3) is 0.500. The van der Waals surface area contributed by atoms with E-state index >= 15 is 0 Å². The molecule has 2 unspecified atom stereocenters. The van der Waals surface area contributed by atoms with Gasteiger partial charge in [-0.25, -0.2) is 22.4 Å². The number of carbonyl (C=O) groups excluding carboxylic acids is 1. The van der Waals surface area contributed by atoms with Gasteiger partial charge in [-0.05, 0) is 32.8 Å². The topological polar surface area (TPSA) is 38.8 Å². The molecular formula is C18H19F4NO3. The molecule has 0 aliphatic carbocycles. The van der Waals surface area contributed by atoms with Gasteiger partial charge in [0.15, 0.2) is 23.3 Å². The SMILES string of the molecule is CC(C)(C)OC(=O)N1C2C=C(c3c(F)c(F)cc(F)c3F)CC1COC2. The van der Waals surface area contributed by atoms with Gasteiger partial charge in [-0.3, -0.25) is 4.90 Å². The quantitative estimate of drug-likeness (QED) is 0.551. The van der Waals surface area contributed by atoms with Crippen LogP contribution in [-0.2, 0) is 9.47 Å². The van der Waals surface area contributed by atoms with E-state index in [1.165, 1.54) is 11.0 Å². The van der Waals surface area contributed by atoms with Crippen molar-refractivity contribution in [3.05, 3.63) is 41.0 Å². The van der Waals surface area contributed by atoms with Crippen LogP contribution in [0.4, 0.5) is 22.4 Å². The Hall–Kier alpha value is -2.09. The Kier molecular flexibility index (Phi) is 4.72. The first kappa shape index (κ1) is 18.7. The first-order chi connectivity index (χ1) is 12.1. The Morgan fingerprint density at radius 1 is 1.15 bits per heavy atom. The van der Waals surface area contributed by atoms with E-state index in [9.17, 15) is 22.4 Å². The highest BCUT2D eigenvalue weighted by atomic mass is 19.2. The maximum Gasteiger partial charge on any atom is 0.411 e. The number of nitrogens with zero attached hydrogens (tertiary/aromatic N) is 1. The van der Waals surface area contributed by atoms with Crippen LogP contribution in [0.2, 0.25) is 0 Å². The third-order valence-corrected chi connectivity index (χ3v) is 4.24. The van der Waals surface area contributed by atoms with Crippen LogP contribution >= 0.6 is 0 Å². The van der Waals surface area contributed by atoms with Crippen LogP contribution in [0.3, 0.4) is 0 Å². The van der Waals surface area contributed by atoms with E-state index < -0.39 is 52.6 Å². The van der Waals surface area contributed by atoms with Crippen molar-refractivity contribution in [1.29, 1.82) is 0 Å². The molecular weight excluding hydrogens is 354 g/mol. The molecule has 0 radical (unpaired) electrons. The predicted octanol–water partition coefficient (Wildman–Crippen LogP) is 4.03. The van der Waals surface area contributed by atoms with Gasteiger partial charge in [-0.2, -0.15) is 0 Å². The molecule has 2 bridgehead atoms. The van der Waals surface area contributed by atoms with Crippen LogP contribution in [0.5, 0.6) is 0 Å². The van der Waals surface area contributed by atoms with Gasteiger partial charge >= 0.3 is 6.09 Å². The summed E-state index contributed by atoms with van der Waals surface area (Å²) in [5.41, 5.74) is -1.33. The second-order valence-electron chi connectivity index (χ2n) is 7.39. The van der Waals surface area contributed by atoms with Crippen molar-refractivity contribution in [2.24, 2.45) is 0 Å². The van der Waals surface area contributed by atoms with Gasteiger partial charge in [0.05, 0.1) is 30.9 Å². The molecule has 1 aromatic carbocycles. The zero-order valence-corrected chi connectivity index (χ0v) is 14.6. The first-order valence-electron chi connectivity index (χ1n) is 8.21. The molecule has 8 heteroatoms. The molecule has 3 rings (SSSR count). The van der Waals surface area contributed by atoms with Gasteiger partial charge in [-0.15, -0.1) is 0 Å². The third kappa shape index (κ3) is 3.42. The number of halogens is 4.